The van der Waals surface area contributed by atoms with Crippen molar-refractivity contribution < 1.29 is 5.11 Å². The molecule has 1 rings (SSSR count). The van der Waals surface area contributed by atoms with Gasteiger partial charge in [0.15, 0.2) is 0 Å². The van der Waals surface area contributed by atoms with Crippen LogP contribution in [-0.4, -0.2) is 11.1 Å². The molecule has 2 atom stereocenters. The summed E-state index contributed by atoms with van der Waals surface area (Å²) in [6.45, 7) is 3.94. The highest BCUT2D eigenvalue weighted by molar-refractivity contribution is 9.10. The second-order valence-corrected chi connectivity index (χ2v) is 5.25. The molecule has 0 aliphatic carbocycles. The van der Waals surface area contributed by atoms with Gasteiger partial charge < -0.3 is 10.8 Å². The molecule has 2 nitrogen and oxygen atoms in total. The van der Waals surface area contributed by atoms with E-state index >= 15 is 0 Å². The summed E-state index contributed by atoms with van der Waals surface area (Å²) in [5, 5.41) is 10.6. The Morgan fingerprint density at radius 1 is 1.40 bits per heavy atom. The average Bonchev–Trinajstić information content (AvgIpc) is 2.19. The first-order valence-electron chi connectivity index (χ1n) is 4.82. The molecule has 0 radical (unpaired) electrons. The fourth-order valence-corrected chi connectivity index (χ4v) is 1.92. The molecule has 3 N–H and O–H groups in total. The normalized spacial score (nSPS) is 15.4. The van der Waals surface area contributed by atoms with Crippen LogP contribution in [-0.2, 0) is 0 Å². The van der Waals surface area contributed by atoms with Crippen LogP contribution in [0.2, 0.25) is 5.02 Å². The minimum Gasteiger partial charge on any atom is -0.387 e. The van der Waals surface area contributed by atoms with Crippen molar-refractivity contribution in [2.75, 3.05) is 0 Å². The minimum absolute atomic E-state index is 0.204. The van der Waals surface area contributed by atoms with Crippen LogP contribution < -0.4 is 5.73 Å². The van der Waals surface area contributed by atoms with Gasteiger partial charge in [-0.2, -0.15) is 0 Å². The zero-order valence-corrected chi connectivity index (χ0v) is 11.1. The zero-order valence-electron chi connectivity index (χ0n) is 8.74. The van der Waals surface area contributed by atoms with Gasteiger partial charge in [0.1, 0.15) is 0 Å². The molecule has 1 aromatic rings. The van der Waals surface area contributed by atoms with Crippen LogP contribution in [0.1, 0.15) is 25.5 Å². The number of rotatable bonds is 3. The molecule has 15 heavy (non-hydrogen) atoms. The maximum absolute atomic E-state index is 10.0. The van der Waals surface area contributed by atoms with Gasteiger partial charge in [0.25, 0.3) is 0 Å². The third-order valence-electron chi connectivity index (χ3n) is 2.41. The SMILES string of the molecule is CC(C)C(N)C(O)c1cc(Br)ccc1Cl. The molecular weight excluding hydrogens is 277 g/mol. The van der Waals surface area contributed by atoms with Gasteiger partial charge in [0.05, 0.1) is 6.10 Å². The largest absolute Gasteiger partial charge is 0.387 e. The molecule has 1 aromatic carbocycles. The number of aliphatic hydroxyl groups excluding tert-OH is 1. The predicted molar refractivity (Wildman–Crippen MR) is 66.9 cm³/mol. The van der Waals surface area contributed by atoms with Crippen LogP contribution in [0.15, 0.2) is 22.7 Å². The fraction of sp³-hybridized carbons (Fsp3) is 0.455. The molecule has 84 valence electrons. The van der Waals surface area contributed by atoms with Gasteiger partial charge in [0.2, 0.25) is 0 Å². The second kappa shape index (κ2) is 5.30. The van der Waals surface area contributed by atoms with Crippen LogP contribution in [0.3, 0.4) is 0 Å². The predicted octanol–water partition coefficient (Wildman–Crippen LogP) is 3.12. The quantitative estimate of drug-likeness (QED) is 0.899. The van der Waals surface area contributed by atoms with Crippen molar-refractivity contribution in [3.8, 4) is 0 Å². The molecule has 4 heteroatoms. The Morgan fingerprint density at radius 3 is 2.53 bits per heavy atom. The summed E-state index contributed by atoms with van der Waals surface area (Å²) in [5.74, 6) is 0.204. The zero-order chi connectivity index (χ0) is 11.6. The summed E-state index contributed by atoms with van der Waals surface area (Å²) in [4.78, 5) is 0. The Kier molecular flexibility index (Phi) is 4.59. The number of nitrogens with two attached hydrogens (primary N) is 1. The van der Waals surface area contributed by atoms with Gasteiger partial charge in [-0.3, -0.25) is 0 Å². The Labute approximate surface area is 104 Å². The van der Waals surface area contributed by atoms with Crippen molar-refractivity contribution in [1.82, 2.24) is 0 Å². The van der Waals surface area contributed by atoms with E-state index < -0.39 is 6.10 Å². The minimum atomic E-state index is -0.727. The first-order valence-corrected chi connectivity index (χ1v) is 5.99. The standard InChI is InChI=1S/C11H15BrClNO/c1-6(2)10(14)11(15)8-5-7(12)3-4-9(8)13/h3-6,10-11,15H,14H2,1-2H3. The molecule has 0 spiro atoms. The highest BCUT2D eigenvalue weighted by Crippen LogP contribution is 2.29. The van der Waals surface area contributed by atoms with E-state index in [9.17, 15) is 5.11 Å². The summed E-state index contributed by atoms with van der Waals surface area (Å²) in [7, 11) is 0. The summed E-state index contributed by atoms with van der Waals surface area (Å²) in [5.41, 5.74) is 6.56. The first kappa shape index (κ1) is 13.0. The first-order chi connectivity index (χ1) is 6.93. The van der Waals surface area contributed by atoms with Gasteiger partial charge >= 0.3 is 0 Å². The van der Waals surface area contributed by atoms with Crippen molar-refractivity contribution in [1.29, 1.82) is 0 Å². The number of hydrogen-bond acceptors (Lipinski definition) is 2. The smallest absolute Gasteiger partial charge is 0.0958 e. The summed E-state index contributed by atoms with van der Waals surface area (Å²) in [6, 6.07) is 5.07. The van der Waals surface area contributed by atoms with Crippen LogP contribution >= 0.6 is 27.5 Å². The highest BCUT2D eigenvalue weighted by Gasteiger charge is 2.22. The number of halogens is 2. The Balaban J connectivity index is 2.99. The van der Waals surface area contributed by atoms with Crippen molar-refractivity contribution in [2.45, 2.75) is 26.0 Å². The Hall–Kier alpha value is -0.0900. The maximum Gasteiger partial charge on any atom is 0.0958 e. The van der Waals surface area contributed by atoms with Gasteiger partial charge in [-0.05, 0) is 24.1 Å². The van der Waals surface area contributed by atoms with Gasteiger partial charge in [-0.25, -0.2) is 0 Å². The molecule has 0 fully saturated rings. The van der Waals surface area contributed by atoms with Gasteiger partial charge in [-0.15, -0.1) is 0 Å². The van der Waals surface area contributed by atoms with E-state index in [0.29, 0.717) is 10.6 Å². The van der Waals surface area contributed by atoms with E-state index in [1.165, 1.54) is 0 Å². The van der Waals surface area contributed by atoms with Gasteiger partial charge in [-0.1, -0.05) is 41.4 Å². The number of hydrogen-bond donors (Lipinski definition) is 2. The van der Waals surface area contributed by atoms with Crippen molar-refractivity contribution >= 4 is 27.5 Å². The number of benzene rings is 1. The molecular formula is C11H15BrClNO. The number of aliphatic hydroxyl groups is 1. The molecule has 2 unspecified atom stereocenters. The highest BCUT2D eigenvalue weighted by atomic mass is 79.9. The monoisotopic (exact) mass is 291 g/mol. The van der Waals surface area contributed by atoms with Crippen molar-refractivity contribution in [3.05, 3.63) is 33.3 Å². The van der Waals surface area contributed by atoms with Crippen molar-refractivity contribution in [3.63, 3.8) is 0 Å². The summed E-state index contributed by atoms with van der Waals surface area (Å²) < 4.78 is 0.886. The van der Waals surface area contributed by atoms with Crippen molar-refractivity contribution in [2.24, 2.45) is 11.7 Å². The van der Waals surface area contributed by atoms with Crippen LogP contribution in [0.5, 0.6) is 0 Å². The maximum atomic E-state index is 10.0. The van der Waals surface area contributed by atoms with Crippen LogP contribution in [0.4, 0.5) is 0 Å². The lowest BCUT2D eigenvalue weighted by Gasteiger charge is -2.23. The lowest BCUT2D eigenvalue weighted by molar-refractivity contribution is 0.126. The molecule has 0 heterocycles. The van der Waals surface area contributed by atoms with E-state index in [1.807, 2.05) is 19.9 Å². The lowest BCUT2D eigenvalue weighted by atomic mass is 9.94. The third kappa shape index (κ3) is 3.18. The van der Waals surface area contributed by atoms with E-state index in [2.05, 4.69) is 15.9 Å². The van der Waals surface area contributed by atoms with E-state index in [-0.39, 0.29) is 12.0 Å². The Morgan fingerprint density at radius 2 is 2.00 bits per heavy atom. The van der Waals surface area contributed by atoms with E-state index in [4.69, 9.17) is 17.3 Å². The molecule has 0 aliphatic heterocycles. The molecule has 0 aromatic heterocycles. The Bertz CT molecular complexity index is 343. The second-order valence-electron chi connectivity index (χ2n) is 3.93. The summed E-state index contributed by atoms with van der Waals surface area (Å²) in [6.07, 6.45) is -0.727. The average molecular weight is 293 g/mol. The van der Waals surface area contributed by atoms with Crippen LogP contribution in [0, 0.1) is 5.92 Å². The fourth-order valence-electron chi connectivity index (χ4n) is 1.31. The summed E-state index contributed by atoms with van der Waals surface area (Å²) >= 11 is 9.34. The molecule has 0 amide bonds. The van der Waals surface area contributed by atoms with E-state index in [1.54, 1.807) is 12.1 Å². The van der Waals surface area contributed by atoms with Gasteiger partial charge in [0, 0.05) is 21.1 Å². The topological polar surface area (TPSA) is 46.2 Å². The van der Waals surface area contributed by atoms with E-state index in [0.717, 1.165) is 4.47 Å². The molecule has 0 saturated heterocycles. The molecule has 0 aliphatic rings. The lowest BCUT2D eigenvalue weighted by Crippen LogP contribution is -2.33. The third-order valence-corrected chi connectivity index (χ3v) is 3.25. The van der Waals surface area contributed by atoms with Crippen LogP contribution in [0.25, 0.3) is 0 Å². The molecule has 0 saturated carbocycles. The molecule has 0 bridgehead atoms.